The van der Waals surface area contributed by atoms with Gasteiger partial charge in [0.05, 0.1) is 7.11 Å². The number of ether oxygens (including phenoxy) is 1. The number of benzene rings is 1. The van der Waals surface area contributed by atoms with Crippen LogP contribution in [0.5, 0.6) is 5.75 Å². The first kappa shape index (κ1) is 12.4. The summed E-state index contributed by atoms with van der Waals surface area (Å²) in [7, 11) is 1.45. The van der Waals surface area contributed by atoms with Crippen molar-refractivity contribution in [3.05, 3.63) is 29.6 Å². The fourth-order valence-corrected chi connectivity index (χ4v) is 1.29. The summed E-state index contributed by atoms with van der Waals surface area (Å²) < 4.78 is 18.3. The normalized spacial score (nSPS) is 12.2. The SMILES string of the molecule is COc1ccc(CCC(N)C(=O)O)c(F)c1. The number of nitrogens with two attached hydrogens (primary N) is 1. The lowest BCUT2D eigenvalue weighted by molar-refractivity contribution is -0.138. The number of methoxy groups -OCH3 is 1. The van der Waals surface area contributed by atoms with Crippen molar-refractivity contribution in [1.29, 1.82) is 0 Å². The molecule has 0 bridgehead atoms. The Hall–Kier alpha value is -1.62. The maximum Gasteiger partial charge on any atom is 0.320 e. The quantitative estimate of drug-likeness (QED) is 0.792. The molecule has 0 radical (unpaired) electrons. The second-order valence-electron chi connectivity index (χ2n) is 3.44. The van der Waals surface area contributed by atoms with Gasteiger partial charge in [-0.2, -0.15) is 0 Å². The minimum Gasteiger partial charge on any atom is -0.497 e. The first-order valence-corrected chi connectivity index (χ1v) is 4.85. The lowest BCUT2D eigenvalue weighted by Crippen LogP contribution is -2.30. The van der Waals surface area contributed by atoms with E-state index in [9.17, 15) is 9.18 Å². The fourth-order valence-electron chi connectivity index (χ4n) is 1.29. The number of hydrogen-bond acceptors (Lipinski definition) is 3. The van der Waals surface area contributed by atoms with Crippen LogP contribution in [0.4, 0.5) is 4.39 Å². The Morgan fingerprint density at radius 3 is 2.81 bits per heavy atom. The van der Waals surface area contributed by atoms with Gasteiger partial charge < -0.3 is 15.6 Å². The molecule has 0 aliphatic rings. The van der Waals surface area contributed by atoms with E-state index in [4.69, 9.17) is 15.6 Å². The third-order valence-corrected chi connectivity index (χ3v) is 2.30. The minimum atomic E-state index is -1.08. The molecule has 88 valence electrons. The van der Waals surface area contributed by atoms with Gasteiger partial charge in [0.1, 0.15) is 17.6 Å². The summed E-state index contributed by atoms with van der Waals surface area (Å²) in [6.07, 6.45) is 0.502. The van der Waals surface area contributed by atoms with Gasteiger partial charge >= 0.3 is 5.97 Å². The molecule has 1 unspecified atom stereocenters. The van der Waals surface area contributed by atoms with E-state index < -0.39 is 17.8 Å². The zero-order chi connectivity index (χ0) is 12.1. The van der Waals surface area contributed by atoms with Crippen molar-refractivity contribution in [3.8, 4) is 5.75 Å². The van der Waals surface area contributed by atoms with Crippen molar-refractivity contribution in [1.82, 2.24) is 0 Å². The predicted molar refractivity (Wildman–Crippen MR) is 56.9 cm³/mol. The molecule has 4 nitrogen and oxygen atoms in total. The summed E-state index contributed by atoms with van der Waals surface area (Å²) in [6, 6.07) is 3.51. The van der Waals surface area contributed by atoms with Gasteiger partial charge in [-0.3, -0.25) is 4.79 Å². The van der Waals surface area contributed by atoms with Gasteiger partial charge in [0.2, 0.25) is 0 Å². The highest BCUT2D eigenvalue weighted by atomic mass is 19.1. The van der Waals surface area contributed by atoms with Gasteiger partial charge in [0.25, 0.3) is 0 Å². The third-order valence-electron chi connectivity index (χ3n) is 2.30. The molecule has 0 amide bonds. The Bertz CT molecular complexity index is 381. The van der Waals surface area contributed by atoms with E-state index in [0.29, 0.717) is 17.7 Å². The summed E-state index contributed by atoms with van der Waals surface area (Å²) >= 11 is 0. The Balaban J connectivity index is 2.64. The molecule has 0 fully saturated rings. The average Bonchev–Trinajstić information content (AvgIpc) is 2.26. The van der Waals surface area contributed by atoms with Gasteiger partial charge in [0.15, 0.2) is 0 Å². The van der Waals surface area contributed by atoms with Crippen LogP contribution in [0.15, 0.2) is 18.2 Å². The topological polar surface area (TPSA) is 72.5 Å². The van der Waals surface area contributed by atoms with Gasteiger partial charge in [-0.25, -0.2) is 4.39 Å². The third kappa shape index (κ3) is 3.20. The molecule has 0 heterocycles. The largest absolute Gasteiger partial charge is 0.497 e. The molecular weight excluding hydrogens is 213 g/mol. The number of halogens is 1. The molecule has 0 saturated carbocycles. The molecule has 0 aliphatic carbocycles. The van der Waals surface area contributed by atoms with Gasteiger partial charge in [-0.05, 0) is 24.5 Å². The molecule has 0 saturated heterocycles. The van der Waals surface area contributed by atoms with Gasteiger partial charge in [-0.1, -0.05) is 6.07 Å². The zero-order valence-electron chi connectivity index (χ0n) is 8.94. The van der Waals surface area contributed by atoms with Crippen LogP contribution in [0, 0.1) is 5.82 Å². The molecule has 5 heteroatoms. The van der Waals surface area contributed by atoms with Crippen LogP contribution in [0.1, 0.15) is 12.0 Å². The van der Waals surface area contributed by atoms with Gasteiger partial charge in [0, 0.05) is 6.07 Å². The molecule has 1 atom stereocenters. The van der Waals surface area contributed by atoms with E-state index in [1.807, 2.05) is 0 Å². The molecule has 1 rings (SSSR count). The lowest BCUT2D eigenvalue weighted by atomic mass is 10.1. The van der Waals surface area contributed by atoms with Crippen molar-refractivity contribution < 1.29 is 19.0 Å². The highest BCUT2D eigenvalue weighted by Crippen LogP contribution is 2.17. The Morgan fingerprint density at radius 2 is 2.31 bits per heavy atom. The molecule has 16 heavy (non-hydrogen) atoms. The van der Waals surface area contributed by atoms with Crippen LogP contribution < -0.4 is 10.5 Å². The van der Waals surface area contributed by atoms with Crippen molar-refractivity contribution >= 4 is 5.97 Å². The highest BCUT2D eigenvalue weighted by molar-refractivity contribution is 5.73. The average molecular weight is 227 g/mol. The van der Waals surface area contributed by atoms with Crippen molar-refractivity contribution in [2.24, 2.45) is 5.73 Å². The number of aryl methyl sites for hydroxylation is 1. The lowest BCUT2D eigenvalue weighted by Gasteiger charge is -2.08. The molecule has 1 aromatic rings. The van der Waals surface area contributed by atoms with Crippen molar-refractivity contribution in [3.63, 3.8) is 0 Å². The summed E-state index contributed by atoms with van der Waals surface area (Å²) in [5.41, 5.74) is 5.77. The highest BCUT2D eigenvalue weighted by Gasteiger charge is 2.12. The Labute approximate surface area is 92.8 Å². The molecule has 0 aromatic heterocycles. The number of carboxylic acids is 1. The zero-order valence-corrected chi connectivity index (χ0v) is 8.94. The van der Waals surface area contributed by atoms with E-state index in [-0.39, 0.29) is 6.42 Å². The predicted octanol–water partition coefficient (Wildman–Crippen LogP) is 1.18. The monoisotopic (exact) mass is 227 g/mol. The first-order chi connectivity index (χ1) is 7.54. The molecule has 0 spiro atoms. The van der Waals surface area contributed by atoms with E-state index in [2.05, 4.69) is 0 Å². The number of carbonyl (C=O) groups is 1. The number of rotatable bonds is 5. The summed E-state index contributed by atoms with van der Waals surface area (Å²) in [5.74, 6) is -1.05. The van der Waals surface area contributed by atoms with Crippen LogP contribution in [0.2, 0.25) is 0 Å². The summed E-state index contributed by atoms with van der Waals surface area (Å²) in [4.78, 5) is 10.5. The van der Waals surface area contributed by atoms with Crippen molar-refractivity contribution in [2.75, 3.05) is 7.11 Å². The number of carboxylic acid groups (broad SMARTS) is 1. The Kier molecular flexibility index (Phi) is 4.25. The van der Waals surface area contributed by atoms with E-state index in [0.717, 1.165) is 0 Å². The summed E-state index contributed by atoms with van der Waals surface area (Å²) in [5, 5.41) is 8.57. The molecule has 0 aliphatic heterocycles. The first-order valence-electron chi connectivity index (χ1n) is 4.85. The standard InChI is InChI=1S/C11H14FNO3/c1-16-8-4-2-7(9(12)6-8)3-5-10(13)11(14)15/h2,4,6,10H,3,5,13H2,1H3,(H,14,15). The van der Waals surface area contributed by atoms with E-state index in [1.165, 1.54) is 13.2 Å². The number of hydrogen-bond donors (Lipinski definition) is 2. The maximum absolute atomic E-state index is 13.4. The van der Waals surface area contributed by atoms with Crippen LogP contribution >= 0.6 is 0 Å². The number of aliphatic carboxylic acids is 1. The molecule has 3 N–H and O–H groups in total. The van der Waals surface area contributed by atoms with E-state index >= 15 is 0 Å². The Morgan fingerprint density at radius 1 is 1.62 bits per heavy atom. The van der Waals surface area contributed by atoms with Crippen LogP contribution in [0.25, 0.3) is 0 Å². The maximum atomic E-state index is 13.4. The second kappa shape index (κ2) is 5.46. The van der Waals surface area contributed by atoms with Crippen LogP contribution in [0.3, 0.4) is 0 Å². The molecular formula is C11H14FNO3. The minimum absolute atomic E-state index is 0.207. The summed E-state index contributed by atoms with van der Waals surface area (Å²) in [6.45, 7) is 0. The van der Waals surface area contributed by atoms with Crippen molar-refractivity contribution in [2.45, 2.75) is 18.9 Å². The fraction of sp³-hybridized carbons (Fsp3) is 0.364. The van der Waals surface area contributed by atoms with Crippen LogP contribution in [-0.4, -0.2) is 24.2 Å². The smallest absolute Gasteiger partial charge is 0.320 e. The van der Waals surface area contributed by atoms with Gasteiger partial charge in [-0.15, -0.1) is 0 Å². The second-order valence-corrected chi connectivity index (χ2v) is 3.44. The molecule has 1 aromatic carbocycles. The van der Waals surface area contributed by atoms with E-state index in [1.54, 1.807) is 12.1 Å². The van der Waals surface area contributed by atoms with Crippen LogP contribution in [-0.2, 0) is 11.2 Å².